The zero-order valence-electron chi connectivity index (χ0n) is 31.9. The van der Waals surface area contributed by atoms with Gasteiger partial charge in [-0.05, 0) is 102 Å². The van der Waals surface area contributed by atoms with Gasteiger partial charge in [0, 0.05) is 89.7 Å². The molecule has 0 nitrogen and oxygen atoms in total. The van der Waals surface area contributed by atoms with E-state index in [0.29, 0.717) is 17.8 Å². The first-order valence-corrected chi connectivity index (χ1v) is 19.9. The van der Waals surface area contributed by atoms with Crippen LogP contribution in [0.2, 0.25) is 0 Å². The fourth-order valence-electron chi connectivity index (χ4n) is 10.2. The van der Waals surface area contributed by atoms with Crippen LogP contribution in [0.15, 0.2) is 197 Å². The van der Waals surface area contributed by atoms with Crippen molar-refractivity contribution < 1.29 is 51.2 Å². The third-order valence-corrected chi connectivity index (χ3v) is 12.2. The topological polar surface area (TPSA) is 0 Å². The van der Waals surface area contributed by atoms with Crippen molar-refractivity contribution in [2.75, 3.05) is 0 Å². The SMILES string of the molecule is [CH]1C=CC(/C=C2/CCCC3=C2CCC24/C(=C/C5=CC=C[CH]5)CCCC2C(C2=C[CH]C=C2)c2[cH-]ccc2C34)=C1.[CH]1C=CC=C1.[CH]1C=CC=C1.[CH]1C=CC=C1.[Fe].[Fe].[Fe]. The number of fused-ring (bicyclic) bond motifs is 3. The molecule has 0 heterocycles. The molecule has 288 valence electrons. The van der Waals surface area contributed by atoms with Crippen molar-refractivity contribution in [2.24, 2.45) is 11.3 Å². The molecule has 1 saturated carbocycles. The van der Waals surface area contributed by atoms with E-state index >= 15 is 0 Å². The normalized spacial score (nSPS) is 28.6. The molecule has 56 heavy (non-hydrogen) atoms. The molecule has 0 N–H and O–H groups in total. The molecule has 11 rings (SSSR count). The zero-order valence-corrected chi connectivity index (χ0v) is 35.2. The second kappa shape index (κ2) is 21.7. The van der Waals surface area contributed by atoms with Crippen LogP contribution >= 0.6 is 0 Å². The summed E-state index contributed by atoms with van der Waals surface area (Å²) in [7, 11) is 0. The summed E-state index contributed by atoms with van der Waals surface area (Å²) in [5, 5.41) is 0. The maximum Gasteiger partial charge on any atom is 0.0125 e. The van der Waals surface area contributed by atoms with Gasteiger partial charge in [-0.3, -0.25) is 0 Å². The molecule has 1 aromatic carbocycles. The van der Waals surface area contributed by atoms with Gasteiger partial charge in [0.1, 0.15) is 0 Å². The van der Waals surface area contributed by atoms with Gasteiger partial charge in [0.15, 0.2) is 0 Å². The van der Waals surface area contributed by atoms with Crippen LogP contribution < -0.4 is 0 Å². The Morgan fingerprint density at radius 2 is 1.29 bits per heavy atom. The molecule has 10 aliphatic carbocycles. The van der Waals surface area contributed by atoms with Crippen LogP contribution in [0.25, 0.3) is 0 Å². The van der Waals surface area contributed by atoms with Gasteiger partial charge < -0.3 is 0 Å². The van der Waals surface area contributed by atoms with E-state index in [4.69, 9.17) is 0 Å². The van der Waals surface area contributed by atoms with E-state index in [2.05, 4.69) is 104 Å². The van der Waals surface area contributed by atoms with Crippen molar-refractivity contribution in [3.8, 4) is 0 Å². The van der Waals surface area contributed by atoms with Gasteiger partial charge in [0.25, 0.3) is 0 Å². The van der Waals surface area contributed by atoms with Gasteiger partial charge in [-0.25, -0.2) is 6.07 Å². The van der Waals surface area contributed by atoms with Crippen LogP contribution in [-0.2, 0) is 51.2 Å². The summed E-state index contributed by atoms with van der Waals surface area (Å²) in [6.45, 7) is 0. The summed E-state index contributed by atoms with van der Waals surface area (Å²) < 4.78 is 0. The van der Waals surface area contributed by atoms with Crippen LogP contribution in [0.5, 0.6) is 0 Å². The molecule has 0 aliphatic heterocycles. The van der Waals surface area contributed by atoms with E-state index in [0.717, 1.165) is 0 Å². The number of hydrogen-bond donors (Lipinski definition) is 0. The number of rotatable bonds is 3. The van der Waals surface area contributed by atoms with Crippen molar-refractivity contribution >= 4 is 0 Å². The summed E-state index contributed by atoms with van der Waals surface area (Å²) in [5.74, 6) is 1.70. The van der Waals surface area contributed by atoms with Crippen LogP contribution in [0, 0.1) is 49.9 Å². The third kappa shape index (κ3) is 9.64. The molecular weight excluding hydrogens is 804 g/mol. The molecule has 1 aromatic rings. The van der Waals surface area contributed by atoms with Crippen molar-refractivity contribution in [1.29, 1.82) is 0 Å². The van der Waals surface area contributed by atoms with E-state index in [-0.39, 0.29) is 56.6 Å². The van der Waals surface area contributed by atoms with Gasteiger partial charge in [0.05, 0.1) is 0 Å². The monoisotopic (exact) mass is 855 g/mol. The maximum absolute atomic E-state index is 2.62. The molecule has 4 unspecified atom stereocenters. The Hall–Kier alpha value is -2.99. The van der Waals surface area contributed by atoms with E-state index in [1.807, 2.05) is 92.2 Å². The number of allylic oxidation sites excluding steroid dienone is 30. The Morgan fingerprint density at radius 3 is 1.88 bits per heavy atom. The molecule has 1 fully saturated rings. The Morgan fingerprint density at radius 1 is 0.589 bits per heavy atom. The molecule has 3 heteroatoms. The van der Waals surface area contributed by atoms with E-state index < -0.39 is 0 Å². The van der Waals surface area contributed by atoms with Crippen molar-refractivity contribution in [3.63, 3.8) is 0 Å². The third-order valence-electron chi connectivity index (χ3n) is 12.2. The molecule has 1 spiro atoms. The minimum absolute atomic E-state index is 0. The average Bonchev–Trinajstić information content (AvgIpc) is 4.06. The first-order chi connectivity index (χ1) is 26.3. The predicted octanol–water partition coefficient (Wildman–Crippen LogP) is 13.5. The van der Waals surface area contributed by atoms with E-state index in [1.165, 1.54) is 68.1 Å². The second-order valence-corrected chi connectivity index (χ2v) is 15.1. The first kappa shape index (κ1) is 44.1. The van der Waals surface area contributed by atoms with Gasteiger partial charge >= 0.3 is 0 Å². The van der Waals surface area contributed by atoms with Crippen molar-refractivity contribution in [3.05, 3.63) is 247 Å². The van der Waals surface area contributed by atoms with Gasteiger partial charge in [-0.15, -0.1) is 0 Å². The number of hydrogen-bond acceptors (Lipinski definition) is 0. The van der Waals surface area contributed by atoms with Crippen LogP contribution in [0.4, 0.5) is 0 Å². The van der Waals surface area contributed by atoms with Crippen molar-refractivity contribution in [2.45, 2.75) is 63.2 Å². The fraction of sp³-hybridized carbons (Fsp3) is 0.226. The largest absolute Gasteiger partial charge is 0.210 e. The van der Waals surface area contributed by atoms with E-state index in [1.54, 1.807) is 33.4 Å². The molecule has 6 radical (unpaired) electrons. The van der Waals surface area contributed by atoms with Gasteiger partial charge in [-0.2, -0.15) is 23.3 Å². The van der Waals surface area contributed by atoms with Gasteiger partial charge in [0.2, 0.25) is 0 Å². The maximum atomic E-state index is 2.62. The van der Waals surface area contributed by atoms with Crippen LogP contribution in [0.3, 0.4) is 0 Å². The summed E-state index contributed by atoms with van der Waals surface area (Å²) >= 11 is 0. The molecule has 4 atom stereocenters. The molecule has 0 saturated heterocycles. The molecule has 0 bridgehead atoms. The Bertz CT molecular complexity index is 1910. The quantitative estimate of drug-likeness (QED) is 0.210. The fourth-order valence-corrected chi connectivity index (χ4v) is 10.2. The van der Waals surface area contributed by atoms with E-state index in [9.17, 15) is 0 Å². The summed E-state index contributed by atoms with van der Waals surface area (Å²) in [5.41, 5.74) is 14.7. The van der Waals surface area contributed by atoms with Gasteiger partial charge in [-0.1, -0.05) is 151 Å². The summed E-state index contributed by atoms with van der Waals surface area (Å²) in [4.78, 5) is 0. The van der Waals surface area contributed by atoms with Crippen molar-refractivity contribution in [1.82, 2.24) is 0 Å². The zero-order chi connectivity index (χ0) is 35.7. The summed E-state index contributed by atoms with van der Waals surface area (Å²) in [6, 6.07) is 7.35. The second-order valence-electron chi connectivity index (χ2n) is 15.1. The Labute approximate surface area is 369 Å². The predicted molar refractivity (Wildman–Crippen MR) is 226 cm³/mol. The molecular formula is C53H51Fe3-. The molecule has 10 aliphatic rings. The minimum atomic E-state index is 0. The smallest absolute Gasteiger partial charge is 0.0125 e. The Kier molecular flexibility index (Phi) is 17.1. The van der Waals surface area contributed by atoms with Crippen LogP contribution in [-0.4, -0.2) is 0 Å². The molecule has 0 aromatic heterocycles. The standard InChI is InChI=1S/C38H36.3C5H5.3Fe/c1-2-11-26(10-1)24-29-16-7-19-33-31(29)22-23-38-30(25-27-12-3-4-13-27)17-8-21-35(38)36(28-14-5-6-15-28)32-18-9-20-34(32)37(33)38;3*1-2-4-5-3-1;;;/h1-6,9-15,18,20,24-25,35-37H,7-8,16-17,19,21-23H2;3*1-5H;;;/q-1;;;;;;/b29-24-,30-25+;;;;;;. The molecule has 0 amide bonds. The van der Waals surface area contributed by atoms with Crippen LogP contribution in [0.1, 0.15) is 74.3 Å². The Balaban J connectivity index is 0.000000279. The average molecular weight is 856 g/mol. The summed E-state index contributed by atoms with van der Waals surface area (Å²) in [6.07, 6.45) is 72.5. The minimum Gasteiger partial charge on any atom is -0.210 e. The first-order valence-electron chi connectivity index (χ1n) is 19.9.